The molecule has 0 aliphatic carbocycles. The third-order valence-corrected chi connectivity index (χ3v) is 16.2. The number of nitro groups is 1. The van der Waals surface area contributed by atoms with E-state index in [4.69, 9.17) is 63.7 Å². The summed E-state index contributed by atoms with van der Waals surface area (Å²) in [5, 5.41) is 11.5. The Morgan fingerprint density at radius 2 is 0.815 bits per heavy atom. The van der Waals surface area contributed by atoms with Crippen LogP contribution in [0.15, 0.2) is 261 Å². The van der Waals surface area contributed by atoms with Crippen LogP contribution >= 0.6 is 58.0 Å². The Bertz CT molecular complexity index is 5530. The van der Waals surface area contributed by atoms with Gasteiger partial charge in [0.2, 0.25) is 0 Å². The van der Waals surface area contributed by atoms with Crippen molar-refractivity contribution in [1.82, 2.24) is 29.1 Å². The zero-order valence-electron chi connectivity index (χ0n) is 54.5. The second-order valence-electron chi connectivity index (χ2n) is 22.5. The second-order valence-corrected chi connectivity index (χ2v) is 24.6. The maximum atomic E-state index is 13.2. The molecule has 0 saturated heterocycles. The first-order chi connectivity index (χ1) is 51.1. The highest BCUT2D eigenvalue weighted by atomic mass is 35.5. The quantitative estimate of drug-likeness (QED) is 0.0368. The summed E-state index contributed by atoms with van der Waals surface area (Å²) in [6, 6.07) is 63.3. The fourth-order valence-electron chi connectivity index (χ4n) is 9.98. The molecule has 11 aromatic carbocycles. The monoisotopic (exact) mass is 1580 g/mol. The van der Waals surface area contributed by atoms with Crippen molar-refractivity contribution in [3.63, 3.8) is 0 Å². The topological polar surface area (TPSA) is 202 Å². The summed E-state index contributed by atoms with van der Waals surface area (Å²) in [4.78, 5) is 72.6. The summed E-state index contributed by atoms with van der Waals surface area (Å²) in [5.41, 5.74) is 7.35. The number of carbonyl (C=O) groups is 4. The van der Waals surface area contributed by atoms with E-state index in [2.05, 4.69) is 19.9 Å². The molecule has 3 aromatic heterocycles. The number of carbonyl (C=O) groups excluding carboxylic acids is 4. The Balaban J connectivity index is 0.000000157. The summed E-state index contributed by atoms with van der Waals surface area (Å²) in [6.45, 7) is 0. The summed E-state index contributed by atoms with van der Waals surface area (Å²) in [6.07, 6.45) is -17.4. The number of nitrogen functional groups attached to an aromatic ring is 1. The van der Waals surface area contributed by atoms with Crippen molar-refractivity contribution in [3.05, 3.63) is 336 Å². The minimum absolute atomic E-state index is 0.0322. The molecule has 0 atom stereocenters. The van der Waals surface area contributed by atoms with Crippen LogP contribution in [-0.4, -0.2) is 57.3 Å². The van der Waals surface area contributed by atoms with Gasteiger partial charge >= 0.3 is 24.7 Å². The molecule has 0 aliphatic rings. The van der Waals surface area contributed by atoms with Crippen molar-refractivity contribution in [2.45, 2.75) is 24.7 Å². The predicted molar refractivity (Wildman–Crippen MR) is 390 cm³/mol. The third-order valence-electron chi connectivity index (χ3n) is 15.0. The molecule has 0 bridgehead atoms. The lowest BCUT2D eigenvalue weighted by molar-refractivity contribution is -0.383. The van der Waals surface area contributed by atoms with Gasteiger partial charge in [0.15, 0.2) is 0 Å². The van der Waals surface area contributed by atoms with E-state index in [0.29, 0.717) is 87.6 Å². The van der Waals surface area contributed by atoms with Gasteiger partial charge in [0.1, 0.15) is 29.4 Å². The summed E-state index contributed by atoms with van der Waals surface area (Å²) in [7, 11) is 0. The van der Waals surface area contributed by atoms with Crippen LogP contribution in [-0.2, 0) is 24.7 Å². The van der Waals surface area contributed by atoms with E-state index >= 15 is 0 Å². The molecule has 3 heterocycles. The highest BCUT2D eigenvalue weighted by molar-refractivity contribution is 6.67. The van der Waals surface area contributed by atoms with Crippen LogP contribution in [0.5, 0.6) is 0 Å². The Morgan fingerprint density at radius 3 is 1.28 bits per heavy atom. The van der Waals surface area contributed by atoms with Gasteiger partial charge < -0.3 is 10.7 Å². The first-order valence-electron chi connectivity index (χ1n) is 30.9. The zero-order chi connectivity index (χ0) is 78.4. The number of aldehydes is 1. The molecule has 3 N–H and O–H groups in total. The molecule has 550 valence electrons. The largest absolute Gasteiger partial charge is 0.416 e. The van der Waals surface area contributed by atoms with E-state index in [1.54, 1.807) is 146 Å². The molecule has 14 aromatic rings. The van der Waals surface area contributed by atoms with Crippen molar-refractivity contribution >= 4 is 126 Å². The van der Waals surface area contributed by atoms with Crippen LogP contribution in [0.1, 0.15) is 63.7 Å². The molecular weight excluding hydrogens is 1540 g/mol. The van der Waals surface area contributed by atoms with E-state index in [1.807, 2.05) is 6.07 Å². The van der Waals surface area contributed by atoms with Crippen molar-refractivity contribution in [2.75, 3.05) is 5.73 Å². The van der Waals surface area contributed by atoms with E-state index in [0.717, 1.165) is 48.5 Å². The van der Waals surface area contributed by atoms with Crippen molar-refractivity contribution < 1.29 is 76.8 Å². The van der Waals surface area contributed by atoms with Gasteiger partial charge in [-0.2, -0.15) is 52.7 Å². The number of nitrogens with two attached hydrogens (primary N) is 1. The van der Waals surface area contributed by atoms with Crippen molar-refractivity contribution in [3.8, 4) is 34.2 Å². The van der Waals surface area contributed by atoms with Gasteiger partial charge in [-0.15, -0.1) is 0 Å². The molecule has 31 heteroatoms. The van der Waals surface area contributed by atoms with Gasteiger partial charge in [-0.05, 0) is 151 Å². The molecule has 0 radical (unpaired) electrons. The second kappa shape index (κ2) is 34.7. The minimum atomic E-state index is -4.50. The average Bonchev–Trinajstić information content (AvgIpc) is 1.62. The summed E-state index contributed by atoms with van der Waals surface area (Å²) >= 11 is 28.6. The van der Waals surface area contributed by atoms with Gasteiger partial charge in [0, 0.05) is 65.1 Å². The molecule has 0 saturated carbocycles. The number of nitro benzene ring substituents is 1. The number of aromatic nitrogens is 6. The number of H-pyrrole nitrogens is 1. The Hall–Kier alpha value is -11.7. The smallest absolute Gasteiger partial charge is 0.393 e. The number of fused-ring (bicyclic) bond motifs is 3. The lowest BCUT2D eigenvalue weighted by atomic mass is 10.1. The normalized spacial score (nSPS) is 11.3. The van der Waals surface area contributed by atoms with Gasteiger partial charge in [-0.1, -0.05) is 162 Å². The molecule has 14 nitrogen and oxygen atoms in total. The number of anilines is 1. The summed E-state index contributed by atoms with van der Waals surface area (Å²) < 4.78 is 156. The predicted octanol–water partition coefficient (Wildman–Crippen LogP) is 23.4. The number of halogens is 17. The molecule has 0 spiro atoms. The third kappa shape index (κ3) is 20.9. The molecule has 0 amide bonds. The van der Waals surface area contributed by atoms with Crippen LogP contribution in [0.25, 0.3) is 67.3 Å². The Labute approximate surface area is 628 Å². The van der Waals surface area contributed by atoms with Crippen LogP contribution in [0, 0.1) is 10.1 Å². The number of benzene rings is 11. The van der Waals surface area contributed by atoms with Crippen LogP contribution in [0.4, 0.5) is 64.1 Å². The SMILES string of the molecule is FC(F)(F)c1cccc(-c2nc3ccc(Cl)cc3[nH]2)c1.Nc1ccc(Cl)cc1[N+](=O)[O-].O=C(Cl)c1ccccc1.O=C(c1ccccc1)n1c(-c2cccc(C(F)(F)F)c2)nc2cc(Cl)ccc21.O=C(c1ccccc1)n1c(-c2cccc(C(F)(F)F)c2)nc2ccc(Cl)cc21.O=Cc1cccc(C(F)(F)F)c1. The van der Waals surface area contributed by atoms with E-state index in [1.165, 1.54) is 69.8 Å². The number of rotatable bonds is 8. The fraction of sp³-hybridized carbons (Fsp3) is 0.0519. The van der Waals surface area contributed by atoms with Crippen LogP contribution in [0.2, 0.25) is 20.1 Å². The zero-order valence-corrected chi connectivity index (χ0v) is 58.3. The number of aromatic amines is 1. The van der Waals surface area contributed by atoms with Gasteiger partial charge in [0.05, 0.1) is 60.3 Å². The average molecular weight is 1590 g/mol. The number of hydrogen-bond acceptors (Lipinski definition) is 10. The van der Waals surface area contributed by atoms with Crippen LogP contribution < -0.4 is 5.73 Å². The lowest BCUT2D eigenvalue weighted by Crippen LogP contribution is -2.13. The Morgan fingerprint density at radius 1 is 0.417 bits per heavy atom. The van der Waals surface area contributed by atoms with Crippen molar-refractivity contribution in [1.29, 1.82) is 0 Å². The Kier molecular flexibility index (Phi) is 25.8. The number of nitrogens with one attached hydrogen (secondary N) is 1. The standard InChI is InChI=1S/2C21H12ClF3N2O.C14H8ClF3N2.C8H5F3O.C7H5ClO.C6H5ClN2O2/c22-16-9-10-18-17(12-16)26-19(14-7-4-8-15(11-14)21(23,24)25)27(18)20(28)13-5-2-1-3-6-13;22-16-9-10-17-18(12-16)27(20(28)13-5-2-1-3-6-13)19(26-17)14-7-4-8-15(11-14)21(23,24)25;15-10-4-5-11-12(7-10)20-13(19-11)8-2-1-3-9(6-8)14(16,17)18;9-8(10,11)7-3-1-2-6(4-7)5-12;8-7(9)6-4-2-1-3-5-6;7-4-1-2-5(8)6(3-4)9(10)11/h2*1-12H;1-7H,(H,19,20);1-5H;1-5H;1-3H,8H2. The molecule has 0 aliphatic heterocycles. The molecule has 14 rings (SSSR count). The van der Waals surface area contributed by atoms with E-state index in [-0.39, 0.29) is 39.7 Å². The number of imidazole rings is 3. The van der Waals surface area contributed by atoms with Crippen LogP contribution in [0.3, 0.4) is 0 Å². The van der Waals surface area contributed by atoms with E-state index < -0.39 is 68.9 Å². The minimum Gasteiger partial charge on any atom is -0.393 e. The summed E-state index contributed by atoms with van der Waals surface area (Å²) in [5.74, 6) is -0.168. The number of hydrogen-bond donors (Lipinski definition) is 2. The maximum Gasteiger partial charge on any atom is 0.416 e. The number of alkyl halides is 12. The molecule has 0 fully saturated rings. The maximum absolute atomic E-state index is 13.2. The lowest BCUT2D eigenvalue weighted by Gasteiger charge is -2.11. The first kappa shape index (κ1) is 80.4. The highest BCUT2D eigenvalue weighted by Gasteiger charge is 2.34. The number of nitrogens with zero attached hydrogens (tertiary/aromatic N) is 6. The highest BCUT2D eigenvalue weighted by Crippen LogP contribution is 2.38. The molecular formula is C77H47Cl5F12N8O6. The van der Waals surface area contributed by atoms with Gasteiger partial charge in [-0.25, -0.2) is 15.0 Å². The fourth-order valence-corrected chi connectivity index (χ4v) is 10.8. The molecule has 108 heavy (non-hydrogen) atoms. The van der Waals surface area contributed by atoms with Gasteiger partial charge in [-0.3, -0.25) is 38.4 Å². The molecule has 0 unspecified atom stereocenters. The first-order valence-corrected chi connectivity index (χ1v) is 32.8. The van der Waals surface area contributed by atoms with Gasteiger partial charge in [0.25, 0.3) is 22.7 Å². The van der Waals surface area contributed by atoms with Crippen molar-refractivity contribution in [2.24, 2.45) is 0 Å². The van der Waals surface area contributed by atoms with E-state index in [9.17, 15) is 82.0 Å².